The zero-order chi connectivity index (χ0) is 18.1. The van der Waals surface area contributed by atoms with Crippen molar-refractivity contribution in [1.82, 2.24) is 10.2 Å². The third-order valence-corrected chi connectivity index (χ3v) is 4.99. The van der Waals surface area contributed by atoms with Crippen molar-refractivity contribution in [3.63, 3.8) is 0 Å². The van der Waals surface area contributed by atoms with E-state index in [2.05, 4.69) is 5.32 Å². The molecule has 134 valence electrons. The van der Waals surface area contributed by atoms with Crippen molar-refractivity contribution in [3.05, 3.63) is 0 Å². The van der Waals surface area contributed by atoms with Crippen LogP contribution in [0.1, 0.15) is 53.4 Å². The molecular weight excluding hydrogens is 312 g/mol. The number of carbonyl (C=O) groups is 4. The van der Waals surface area contributed by atoms with Gasteiger partial charge >= 0.3 is 12.0 Å². The highest BCUT2D eigenvalue weighted by atomic mass is 16.5. The first-order chi connectivity index (χ1) is 11.1. The lowest BCUT2D eigenvalue weighted by Gasteiger charge is -2.36. The molecule has 0 bridgehead atoms. The number of esters is 1. The van der Waals surface area contributed by atoms with Gasteiger partial charge in [0.25, 0.3) is 5.91 Å². The van der Waals surface area contributed by atoms with E-state index < -0.39 is 29.5 Å². The van der Waals surface area contributed by atoms with Crippen LogP contribution in [0.3, 0.4) is 0 Å². The van der Waals surface area contributed by atoms with Gasteiger partial charge in [0.2, 0.25) is 0 Å². The summed E-state index contributed by atoms with van der Waals surface area (Å²) < 4.78 is 4.93. The van der Waals surface area contributed by atoms with Crippen molar-refractivity contribution in [2.75, 3.05) is 13.2 Å². The smallest absolute Gasteiger partial charge is 0.326 e. The molecular formula is C17H26N2O5. The number of hydrogen-bond donors (Lipinski definition) is 1. The molecule has 3 amide bonds. The number of ether oxygens (including phenoxy) is 1. The molecule has 2 fully saturated rings. The highest BCUT2D eigenvalue weighted by Crippen LogP contribution is 2.38. The van der Waals surface area contributed by atoms with Crippen molar-refractivity contribution >= 4 is 23.7 Å². The zero-order valence-corrected chi connectivity index (χ0v) is 14.8. The number of amides is 3. The van der Waals surface area contributed by atoms with E-state index >= 15 is 0 Å². The molecule has 1 aliphatic carbocycles. The van der Waals surface area contributed by atoms with E-state index in [0.717, 1.165) is 24.2 Å². The van der Waals surface area contributed by atoms with Crippen LogP contribution in [0.15, 0.2) is 0 Å². The van der Waals surface area contributed by atoms with Gasteiger partial charge < -0.3 is 10.1 Å². The Morgan fingerprint density at radius 3 is 2.54 bits per heavy atom. The van der Waals surface area contributed by atoms with Gasteiger partial charge in [-0.2, -0.15) is 0 Å². The Morgan fingerprint density at radius 2 is 1.96 bits per heavy atom. The van der Waals surface area contributed by atoms with E-state index in [4.69, 9.17) is 4.74 Å². The van der Waals surface area contributed by atoms with Crippen LogP contribution in [-0.2, 0) is 19.1 Å². The number of imide groups is 1. The lowest BCUT2D eigenvalue weighted by atomic mass is 9.73. The molecule has 2 unspecified atom stereocenters. The lowest BCUT2D eigenvalue weighted by Crippen LogP contribution is -2.54. The summed E-state index contributed by atoms with van der Waals surface area (Å²) in [5, 5.41) is 2.78. The topological polar surface area (TPSA) is 92.8 Å². The summed E-state index contributed by atoms with van der Waals surface area (Å²) in [5.41, 5.74) is -1.50. The summed E-state index contributed by atoms with van der Waals surface area (Å²) in [6, 6.07) is -0.562. The van der Waals surface area contributed by atoms with E-state index in [1.54, 1.807) is 20.8 Å². The van der Waals surface area contributed by atoms with Gasteiger partial charge in [-0.1, -0.05) is 40.5 Å². The van der Waals surface area contributed by atoms with Gasteiger partial charge in [0.15, 0.2) is 12.4 Å². The molecule has 0 aromatic carbocycles. The van der Waals surface area contributed by atoms with Crippen LogP contribution in [0.2, 0.25) is 0 Å². The number of Topliss-reactive ketones (excluding diaryl/α,β-unsaturated/α-hetero) is 1. The number of rotatable bonds is 4. The summed E-state index contributed by atoms with van der Waals surface area (Å²) >= 11 is 0. The third kappa shape index (κ3) is 3.44. The number of ketones is 1. The SMILES string of the molecule is CC1CCCCC12NC(=O)N(CC(=O)OCC(=O)C(C)(C)C)C2=O. The molecule has 1 saturated heterocycles. The van der Waals surface area contributed by atoms with Crippen LogP contribution in [0.5, 0.6) is 0 Å². The molecule has 0 radical (unpaired) electrons. The fraction of sp³-hybridized carbons (Fsp3) is 0.765. The van der Waals surface area contributed by atoms with Crippen LogP contribution >= 0.6 is 0 Å². The van der Waals surface area contributed by atoms with Gasteiger partial charge in [-0.15, -0.1) is 0 Å². The molecule has 0 aromatic rings. The second-order valence-corrected chi connectivity index (χ2v) is 7.77. The van der Waals surface area contributed by atoms with Gasteiger partial charge in [-0.05, 0) is 18.8 Å². The van der Waals surface area contributed by atoms with Crippen molar-refractivity contribution in [2.45, 2.75) is 58.9 Å². The number of urea groups is 1. The van der Waals surface area contributed by atoms with Gasteiger partial charge in [-0.25, -0.2) is 4.79 Å². The Balaban J connectivity index is 1.97. The fourth-order valence-electron chi connectivity index (χ4n) is 3.18. The van der Waals surface area contributed by atoms with Gasteiger partial charge in [0, 0.05) is 5.41 Å². The van der Waals surface area contributed by atoms with Crippen LogP contribution in [-0.4, -0.2) is 47.3 Å². The van der Waals surface area contributed by atoms with E-state index in [1.807, 2.05) is 6.92 Å². The molecule has 1 spiro atoms. The predicted molar refractivity (Wildman–Crippen MR) is 86.0 cm³/mol. The fourth-order valence-corrected chi connectivity index (χ4v) is 3.18. The Labute approximate surface area is 142 Å². The molecule has 2 atom stereocenters. The molecule has 7 heteroatoms. The number of carbonyl (C=O) groups excluding carboxylic acids is 4. The maximum Gasteiger partial charge on any atom is 0.326 e. The van der Waals surface area contributed by atoms with Crippen molar-refractivity contribution in [1.29, 1.82) is 0 Å². The molecule has 0 aromatic heterocycles. The van der Waals surface area contributed by atoms with Crippen molar-refractivity contribution in [2.24, 2.45) is 11.3 Å². The van der Waals surface area contributed by atoms with E-state index in [9.17, 15) is 19.2 Å². The van der Waals surface area contributed by atoms with Gasteiger partial charge in [0.1, 0.15) is 12.1 Å². The molecule has 2 rings (SSSR count). The summed E-state index contributed by atoms with van der Waals surface area (Å²) in [6.07, 6.45) is 3.36. The molecule has 1 heterocycles. The largest absolute Gasteiger partial charge is 0.456 e. The normalized spacial score (nSPS) is 27.3. The summed E-state index contributed by atoms with van der Waals surface area (Å²) in [6.45, 7) is 6.32. The predicted octanol–water partition coefficient (Wildman–Crippen LogP) is 1.65. The second-order valence-electron chi connectivity index (χ2n) is 7.77. The van der Waals surface area contributed by atoms with Crippen LogP contribution in [0.25, 0.3) is 0 Å². The standard InChI is InChI=1S/C17H26N2O5/c1-11-7-5-6-8-17(11)14(22)19(15(23)18-17)9-13(21)24-10-12(20)16(2,3)4/h11H,5-10H2,1-4H3,(H,18,23). The van der Waals surface area contributed by atoms with Gasteiger partial charge in [-0.3, -0.25) is 19.3 Å². The van der Waals surface area contributed by atoms with Crippen LogP contribution in [0, 0.1) is 11.3 Å². The van der Waals surface area contributed by atoms with Crippen molar-refractivity contribution in [3.8, 4) is 0 Å². The maximum atomic E-state index is 12.7. The van der Waals surface area contributed by atoms with Crippen LogP contribution in [0.4, 0.5) is 4.79 Å². The first kappa shape index (κ1) is 18.4. The number of nitrogens with one attached hydrogen (secondary N) is 1. The first-order valence-corrected chi connectivity index (χ1v) is 8.41. The summed E-state index contributed by atoms with van der Waals surface area (Å²) in [7, 11) is 0. The number of nitrogens with zero attached hydrogens (tertiary/aromatic N) is 1. The summed E-state index contributed by atoms with van der Waals surface area (Å²) in [5.74, 6) is -1.30. The van der Waals surface area contributed by atoms with Crippen molar-refractivity contribution < 1.29 is 23.9 Å². The first-order valence-electron chi connectivity index (χ1n) is 8.41. The Morgan fingerprint density at radius 1 is 1.29 bits per heavy atom. The Hall–Kier alpha value is -1.92. The molecule has 24 heavy (non-hydrogen) atoms. The highest BCUT2D eigenvalue weighted by molar-refractivity contribution is 6.09. The third-order valence-electron chi connectivity index (χ3n) is 4.99. The molecule has 1 saturated carbocycles. The average molecular weight is 338 g/mol. The average Bonchev–Trinajstić information content (AvgIpc) is 2.72. The Bertz CT molecular complexity index is 566. The van der Waals surface area contributed by atoms with Gasteiger partial charge in [0.05, 0.1) is 0 Å². The zero-order valence-electron chi connectivity index (χ0n) is 14.8. The van der Waals surface area contributed by atoms with E-state index in [-0.39, 0.29) is 24.2 Å². The molecule has 1 aliphatic heterocycles. The minimum absolute atomic E-state index is 0.0335. The maximum absolute atomic E-state index is 12.7. The molecule has 2 aliphatic rings. The highest BCUT2D eigenvalue weighted by Gasteiger charge is 2.55. The minimum Gasteiger partial charge on any atom is -0.456 e. The van der Waals surface area contributed by atoms with E-state index in [0.29, 0.717) is 6.42 Å². The number of hydrogen-bond acceptors (Lipinski definition) is 5. The Kier molecular flexibility index (Phi) is 5.01. The minimum atomic E-state index is -0.892. The molecule has 1 N–H and O–H groups in total. The second kappa shape index (κ2) is 6.53. The molecule has 7 nitrogen and oxygen atoms in total. The quantitative estimate of drug-likeness (QED) is 0.621. The monoisotopic (exact) mass is 338 g/mol. The summed E-state index contributed by atoms with van der Waals surface area (Å²) in [4.78, 5) is 49.5. The van der Waals surface area contributed by atoms with E-state index in [1.165, 1.54) is 0 Å². The van der Waals surface area contributed by atoms with Crippen LogP contribution < -0.4 is 5.32 Å². The lowest BCUT2D eigenvalue weighted by molar-refractivity contribution is -0.152.